The lowest BCUT2D eigenvalue weighted by Crippen LogP contribution is -2.28. The standard InChI is InChI=1S/C15H24ClNO/c1-4-10-17-15(12(2)9-11-18-3)13-7-5-6-8-14(13)16/h5-8,12,15,17H,4,9-11H2,1-3H3. The first kappa shape index (κ1) is 15.5. The average Bonchev–Trinajstić information content (AvgIpc) is 2.38. The number of hydrogen-bond donors (Lipinski definition) is 1. The van der Waals surface area contributed by atoms with Crippen LogP contribution in [0.5, 0.6) is 0 Å². The van der Waals surface area contributed by atoms with Gasteiger partial charge in [0.1, 0.15) is 0 Å². The van der Waals surface area contributed by atoms with Crippen molar-refractivity contribution in [3.63, 3.8) is 0 Å². The third-order valence-corrected chi connectivity index (χ3v) is 3.55. The van der Waals surface area contributed by atoms with Gasteiger partial charge in [-0.25, -0.2) is 0 Å². The molecule has 0 aliphatic heterocycles. The summed E-state index contributed by atoms with van der Waals surface area (Å²) in [6.45, 7) is 6.22. The molecule has 2 nitrogen and oxygen atoms in total. The predicted octanol–water partition coefficient (Wildman–Crippen LogP) is 4.05. The maximum absolute atomic E-state index is 6.30. The molecule has 1 aromatic rings. The van der Waals surface area contributed by atoms with E-state index in [1.54, 1.807) is 7.11 Å². The molecule has 0 heterocycles. The Hall–Kier alpha value is -0.570. The van der Waals surface area contributed by atoms with Crippen molar-refractivity contribution in [3.8, 4) is 0 Å². The lowest BCUT2D eigenvalue weighted by atomic mass is 9.92. The van der Waals surface area contributed by atoms with Gasteiger partial charge in [-0.2, -0.15) is 0 Å². The summed E-state index contributed by atoms with van der Waals surface area (Å²) in [5, 5.41) is 4.44. The topological polar surface area (TPSA) is 21.3 Å². The molecule has 0 saturated heterocycles. The smallest absolute Gasteiger partial charge is 0.0465 e. The van der Waals surface area contributed by atoms with E-state index in [9.17, 15) is 0 Å². The van der Waals surface area contributed by atoms with Gasteiger partial charge in [0, 0.05) is 24.8 Å². The van der Waals surface area contributed by atoms with E-state index in [0.29, 0.717) is 12.0 Å². The van der Waals surface area contributed by atoms with Crippen molar-refractivity contribution in [3.05, 3.63) is 34.9 Å². The molecule has 0 amide bonds. The lowest BCUT2D eigenvalue weighted by Gasteiger charge is -2.26. The van der Waals surface area contributed by atoms with Gasteiger partial charge in [0.05, 0.1) is 0 Å². The Labute approximate surface area is 116 Å². The number of methoxy groups -OCH3 is 1. The van der Waals surface area contributed by atoms with Crippen LogP contribution >= 0.6 is 11.6 Å². The van der Waals surface area contributed by atoms with Gasteiger partial charge >= 0.3 is 0 Å². The molecule has 1 aromatic carbocycles. The Morgan fingerprint density at radius 2 is 2.06 bits per heavy atom. The zero-order valence-corrected chi connectivity index (χ0v) is 12.3. The van der Waals surface area contributed by atoms with Crippen LogP contribution in [0.25, 0.3) is 0 Å². The van der Waals surface area contributed by atoms with Crippen LogP contribution in [-0.2, 0) is 4.74 Å². The fourth-order valence-corrected chi connectivity index (χ4v) is 2.37. The van der Waals surface area contributed by atoms with Crippen LogP contribution in [0.15, 0.2) is 24.3 Å². The number of rotatable bonds is 8. The van der Waals surface area contributed by atoms with Gasteiger partial charge in [-0.1, -0.05) is 43.6 Å². The van der Waals surface area contributed by atoms with Crippen molar-refractivity contribution in [2.45, 2.75) is 32.7 Å². The minimum Gasteiger partial charge on any atom is -0.385 e. The van der Waals surface area contributed by atoms with Crippen LogP contribution in [0.2, 0.25) is 5.02 Å². The van der Waals surface area contributed by atoms with E-state index < -0.39 is 0 Å². The first-order valence-electron chi connectivity index (χ1n) is 6.67. The van der Waals surface area contributed by atoms with Gasteiger partial charge < -0.3 is 10.1 Å². The molecule has 2 unspecified atom stereocenters. The average molecular weight is 270 g/mol. The maximum atomic E-state index is 6.30. The molecular formula is C15H24ClNO. The highest BCUT2D eigenvalue weighted by atomic mass is 35.5. The quantitative estimate of drug-likeness (QED) is 0.769. The van der Waals surface area contributed by atoms with Gasteiger partial charge in [-0.15, -0.1) is 0 Å². The van der Waals surface area contributed by atoms with Crippen LogP contribution in [0.1, 0.15) is 38.3 Å². The van der Waals surface area contributed by atoms with Crippen LogP contribution < -0.4 is 5.32 Å². The third-order valence-electron chi connectivity index (χ3n) is 3.20. The van der Waals surface area contributed by atoms with Crippen LogP contribution in [0, 0.1) is 5.92 Å². The van der Waals surface area contributed by atoms with Gasteiger partial charge in [0.25, 0.3) is 0 Å². The number of hydrogen-bond acceptors (Lipinski definition) is 2. The molecular weight excluding hydrogens is 246 g/mol. The molecule has 0 aliphatic carbocycles. The van der Waals surface area contributed by atoms with Gasteiger partial charge in [0.15, 0.2) is 0 Å². The van der Waals surface area contributed by atoms with Crippen LogP contribution in [-0.4, -0.2) is 20.3 Å². The van der Waals surface area contributed by atoms with E-state index in [1.807, 2.05) is 18.2 Å². The fourth-order valence-electron chi connectivity index (χ4n) is 2.12. The minimum absolute atomic E-state index is 0.300. The Balaban J connectivity index is 2.80. The van der Waals surface area contributed by atoms with E-state index in [2.05, 4.69) is 25.2 Å². The zero-order valence-electron chi connectivity index (χ0n) is 11.6. The van der Waals surface area contributed by atoms with E-state index in [0.717, 1.165) is 31.0 Å². The van der Waals surface area contributed by atoms with Crippen molar-refractivity contribution in [1.82, 2.24) is 5.32 Å². The molecule has 0 aliphatic rings. The zero-order chi connectivity index (χ0) is 13.4. The molecule has 0 bridgehead atoms. The largest absolute Gasteiger partial charge is 0.385 e. The Morgan fingerprint density at radius 1 is 1.33 bits per heavy atom. The summed E-state index contributed by atoms with van der Waals surface area (Å²) in [7, 11) is 1.75. The second-order valence-corrected chi connectivity index (χ2v) is 5.12. The highest BCUT2D eigenvalue weighted by molar-refractivity contribution is 6.31. The van der Waals surface area contributed by atoms with E-state index in [-0.39, 0.29) is 0 Å². The summed E-state index contributed by atoms with van der Waals surface area (Å²) in [5.41, 5.74) is 1.19. The Kier molecular flexibility index (Phi) is 7.33. The molecule has 0 fully saturated rings. The SMILES string of the molecule is CCCNC(c1ccccc1Cl)C(C)CCOC. The number of halogens is 1. The molecule has 1 N–H and O–H groups in total. The highest BCUT2D eigenvalue weighted by Crippen LogP contribution is 2.29. The molecule has 0 saturated carbocycles. The molecule has 2 atom stereocenters. The fraction of sp³-hybridized carbons (Fsp3) is 0.600. The summed E-state index contributed by atoms with van der Waals surface area (Å²) >= 11 is 6.30. The van der Waals surface area contributed by atoms with Crippen molar-refractivity contribution < 1.29 is 4.74 Å². The van der Waals surface area contributed by atoms with E-state index >= 15 is 0 Å². The molecule has 102 valence electrons. The van der Waals surface area contributed by atoms with Crippen molar-refractivity contribution in [2.24, 2.45) is 5.92 Å². The van der Waals surface area contributed by atoms with Gasteiger partial charge in [0.2, 0.25) is 0 Å². The van der Waals surface area contributed by atoms with Crippen LogP contribution in [0.3, 0.4) is 0 Å². The van der Waals surface area contributed by atoms with E-state index in [4.69, 9.17) is 16.3 Å². The minimum atomic E-state index is 0.300. The van der Waals surface area contributed by atoms with Gasteiger partial charge in [-0.3, -0.25) is 0 Å². The predicted molar refractivity (Wildman–Crippen MR) is 78.1 cm³/mol. The summed E-state index contributed by atoms with van der Waals surface area (Å²) in [4.78, 5) is 0. The normalized spacial score (nSPS) is 14.4. The summed E-state index contributed by atoms with van der Waals surface area (Å²) < 4.78 is 5.17. The van der Waals surface area contributed by atoms with Crippen molar-refractivity contribution in [2.75, 3.05) is 20.3 Å². The lowest BCUT2D eigenvalue weighted by molar-refractivity contribution is 0.170. The second-order valence-electron chi connectivity index (χ2n) is 4.71. The van der Waals surface area contributed by atoms with E-state index in [1.165, 1.54) is 5.56 Å². The third kappa shape index (κ3) is 4.60. The first-order chi connectivity index (χ1) is 8.70. The first-order valence-corrected chi connectivity index (χ1v) is 7.05. The molecule has 18 heavy (non-hydrogen) atoms. The summed E-state index contributed by atoms with van der Waals surface area (Å²) in [5.74, 6) is 0.497. The molecule has 1 rings (SSSR count). The monoisotopic (exact) mass is 269 g/mol. The number of nitrogens with one attached hydrogen (secondary N) is 1. The Morgan fingerprint density at radius 3 is 2.67 bits per heavy atom. The van der Waals surface area contributed by atoms with Crippen molar-refractivity contribution >= 4 is 11.6 Å². The van der Waals surface area contributed by atoms with Crippen LogP contribution in [0.4, 0.5) is 0 Å². The molecule has 0 radical (unpaired) electrons. The number of ether oxygens (including phenoxy) is 1. The summed E-state index contributed by atoms with van der Waals surface area (Å²) in [6.07, 6.45) is 2.15. The maximum Gasteiger partial charge on any atom is 0.0465 e. The van der Waals surface area contributed by atoms with Crippen molar-refractivity contribution in [1.29, 1.82) is 0 Å². The number of benzene rings is 1. The molecule has 0 spiro atoms. The van der Waals surface area contributed by atoms with Gasteiger partial charge in [-0.05, 0) is 36.9 Å². The molecule has 0 aromatic heterocycles. The highest BCUT2D eigenvalue weighted by Gasteiger charge is 2.20. The second kappa shape index (κ2) is 8.52. The molecule has 3 heteroatoms. The summed E-state index contributed by atoms with van der Waals surface area (Å²) in [6, 6.07) is 8.39. The Bertz CT molecular complexity index is 343.